The van der Waals surface area contributed by atoms with Crippen LogP contribution in [-0.4, -0.2) is 93.0 Å². The fourth-order valence-corrected chi connectivity index (χ4v) is 12.2. The predicted octanol–water partition coefficient (Wildman–Crippen LogP) is 16.0. The third-order valence-electron chi connectivity index (χ3n) is 16.1. The van der Waals surface area contributed by atoms with Crippen molar-refractivity contribution in [3.05, 3.63) is 217 Å². The van der Waals surface area contributed by atoms with E-state index in [1.807, 2.05) is 140 Å². The summed E-state index contributed by atoms with van der Waals surface area (Å²) >= 11 is 0. The number of carbonyl (C=O) groups excluding carboxylic acids is 2. The molecule has 0 N–H and O–H groups in total. The fraction of sp³-hybridized carbons (Fsp3) is 0.325. The summed E-state index contributed by atoms with van der Waals surface area (Å²) in [6.45, 7) is 30.4. The van der Waals surface area contributed by atoms with Gasteiger partial charge in [0.05, 0.1) is 106 Å². The molecule has 4 heterocycles. The van der Waals surface area contributed by atoms with Crippen LogP contribution in [0.25, 0.3) is 65.6 Å². The van der Waals surface area contributed by atoms with Crippen molar-refractivity contribution in [1.82, 2.24) is 28.7 Å². The molecule has 4 aromatic heterocycles. The van der Waals surface area contributed by atoms with Gasteiger partial charge in [-0.3, -0.25) is 9.36 Å². The number of rotatable bonds is 34. The average molecular weight is 1260 g/mol. The normalized spacial score (nSPS) is 11.4. The molecule has 10 aromatic rings. The zero-order valence-electron chi connectivity index (χ0n) is 55.0. The van der Waals surface area contributed by atoms with Gasteiger partial charge in [-0.15, -0.1) is 26.3 Å². The Morgan fingerprint density at radius 2 is 0.914 bits per heavy atom. The van der Waals surface area contributed by atoms with Crippen LogP contribution < -0.4 is 9.47 Å². The Hall–Kier alpha value is -9.32. The van der Waals surface area contributed by atoms with Crippen molar-refractivity contribution in [3.63, 3.8) is 0 Å². The summed E-state index contributed by atoms with van der Waals surface area (Å²) in [5.41, 5.74) is 12.0. The maximum Gasteiger partial charge on any atom is 0.355 e. The van der Waals surface area contributed by atoms with E-state index < -0.39 is 0 Å². The molecule has 16 heteroatoms. The lowest BCUT2D eigenvalue weighted by Gasteiger charge is -2.14. The van der Waals surface area contributed by atoms with Crippen LogP contribution >= 0.6 is 0 Å². The molecule has 93 heavy (non-hydrogen) atoms. The number of fused-ring (bicyclic) bond motifs is 4. The lowest BCUT2D eigenvalue weighted by Crippen LogP contribution is -2.14. The number of nitrogens with zero attached hydrogens (tertiary/aromatic N) is 6. The van der Waals surface area contributed by atoms with E-state index in [9.17, 15) is 9.59 Å². The Morgan fingerprint density at radius 3 is 1.33 bits per heavy atom. The number of aryl methyl sites for hydroxylation is 4. The van der Waals surface area contributed by atoms with Gasteiger partial charge >= 0.3 is 11.9 Å². The molecule has 10 rings (SSSR count). The molecular formula is C77H88N6O10. The number of para-hydroxylation sites is 2. The van der Waals surface area contributed by atoms with Crippen molar-refractivity contribution in [1.29, 1.82) is 0 Å². The number of allylic oxidation sites excluding steroid dienone is 2. The third-order valence-corrected chi connectivity index (χ3v) is 16.1. The van der Waals surface area contributed by atoms with Crippen LogP contribution in [0.5, 0.6) is 11.5 Å². The Bertz CT molecular complexity index is 4230. The summed E-state index contributed by atoms with van der Waals surface area (Å²) in [6.07, 6.45) is 9.77. The van der Waals surface area contributed by atoms with E-state index in [0.717, 1.165) is 111 Å². The van der Waals surface area contributed by atoms with Crippen LogP contribution in [0.15, 0.2) is 172 Å². The summed E-state index contributed by atoms with van der Waals surface area (Å²) in [6, 6.07) is 41.0. The molecular weight excluding hydrogens is 1170 g/mol. The molecule has 0 spiro atoms. The van der Waals surface area contributed by atoms with E-state index in [-0.39, 0.29) is 31.3 Å². The van der Waals surface area contributed by atoms with Crippen LogP contribution in [0.2, 0.25) is 0 Å². The highest BCUT2D eigenvalue weighted by Gasteiger charge is 2.31. The first-order valence-corrected chi connectivity index (χ1v) is 32.1. The molecule has 16 nitrogen and oxygen atoms in total. The van der Waals surface area contributed by atoms with Gasteiger partial charge in [0.25, 0.3) is 0 Å². The molecule has 0 aliphatic heterocycles. The van der Waals surface area contributed by atoms with Crippen molar-refractivity contribution in [2.45, 2.75) is 106 Å². The minimum absolute atomic E-state index is 0.0313. The van der Waals surface area contributed by atoms with Crippen LogP contribution in [0, 0.1) is 0 Å². The average Bonchev–Trinajstić information content (AvgIpc) is 1.59. The second-order valence-electron chi connectivity index (χ2n) is 22.5. The first-order chi connectivity index (χ1) is 45.4. The molecule has 0 amide bonds. The smallest absolute Gasteiger partial charge is 0.355 e. The van der Waals surface area contributed by atoms with Gasteiger partial charge in [0.1, 0.15) is 22.9 Å². The summed E-state index contributed by atoms with van der Waals surface area (Å²) in [7, 11) is 3.84. The third kappa shape index (κ3) is 15.6. The van der Waals surface area contributed by atoms with Crippen LogP contribution in [-0.2, 0) is 94.9 Å². The molecule has 6 aromatic carbocycles. The number of hydrogen-bond donors (Lipinski definition) is 0. The Morgan fingerprint density at radius 1 is 0.495 bits per heavy atom. The van der Waals surface area contributed by atoms with Crippen LogP contribution in [0.1, 0.15) is 102 Å². The van der Waals surface area contributed by atoms with E-state index in [1.165, 1.54) is 0 Å². The molecule has 0 aliphatic rings. The highest BCUT2D eigenvalue weighted by Crippen LogP contribution is 2.42. The zero-order chi connectivity index (χ0) is 65.8. The lowest BCUT2D eigenvalue weighted by molar-refractivity contribution is 0.0504. The number of carbonyl (C=O) groups is 2. The first kappa shape index (κ1) is 68.1. The van der Waals surface area contributed by atoms with Crippen LogP contribution in [0.4, 0.5) is 0 Å². The SMILES string of the molecule is C=CCOCc1c(-c2cccc3c(CCCOc4cccc5ccccc45)c(C(=O)OCC)n(CC=C)c23)c(COC(C)C)nn1C.C=CCOCc1c(-c2cccc3c(CCCOc4cccc5ccccc45)c(C(=O)OCC)n(CC=C)c23)c(COCC)nn1C. The van der Waals surface area contributed by atoms with Crippen molar-refractivity contribution in [2.75, 3.05) is 46.2 Å². The van der Waals surface area contributed by atoms with Gasteiger partial charge in [0, 0.05) is 77.6 Å². The van der Waals surface area contributed by atoms with E-state index in [4.69, 9.17) is 48.1 Å². The van der Waals surface area contributed by atoms with Gasteiger partial charge in [-0.05, 0) is 94.3 Å². The second kappa shape index (κ2) is 33.3. The number of ether oxygens (including phenoxy) is 8. The Balaban J connectivity index is 0.000000219. The highest BCUT2D eigenvalue weighted by atomic mass is 16.5. The quantitative estimate of drug-likeness (QED) is 0.0214. The van der Waals surface area contributed by atoms with E-state index in [1.54, 1.807) is 12.2 Å². The molecule has 0 saturated heterocycles. The fourth-order valence-electron chi connectivity index (χ4n) is 12.2. The maximum atomic E-state index is 13.7. The molecule has 486 valence electrons. The summed E-state index contributed by atoms with van der Waals surface area (Å²) in [4.78, 5) is 27.4. The number of hydrogen-bond acceptors (Lipinski definition) is 12. The van der Waals surface area contributed by atoms with Gasteiger partial charge in [-0.2, -0.15) is 10.2 Å². The zero-order valence-corrected chi connectivity index (χ0v) is 55.0. The molecule has 0 aliphatic carbocycles. The topological polar surface area (TPSA) is 153 Å². The summed E-state index contributed by atoms with van der Waals surface area (Å²) < 4.78 is 55.4. The highest BCUT2D eigenvalue weighted by molar-refractivity contribution is 6.06. The standard InChI is InChI=1S/C39H45N3O5.C38H43N3O5/c1-7-22-42-37-30(18-13-19-32(37)36-33(25-47-27(4)5)40-41(6)34(36)26-44-23-8-2)31(38(42)39(43)45-9-3)20-14-24-46-35-21-12-16-28-15-10-11-17-29(28)35;1-6-22-41-36-29(18-13-19-31(36)35-32(25-43-8-3)39-40(5)33(35)26-44-23-7-2)30(37(41)38(42)45-9-4)20-14-24-46-34-21-12-16-27-15-10-11-17-28(27)34/h7-8,10-13,15-19,21,27H,1-2,9,14,20,22-26H2,3-6H3;6-7,10-13,15-19,21H,1-2,8-9,14,20,22-26H2,3-5H3. The number of benzene rings is 6. The van der Waals surface area contributed by atoms with Crippen molar-refractivity contribution < 1.29 is 47.5 Å². The van der Waals surface area contributed by atoms with Crippen molar-refractivity contribution in [2.24, 2.45) is 14.1 Å². The van der Waals surface area contributed by atoms with E-state index in [2.05, 4.69) is 87.0 Å². The first-order valence-electron chi connectivity index (χ1n) is 32.1. The summed E-state index contributed by atoms with van der Waals surface area (Å²) in [5, 5.41) is 16.1. The Kier molecular flexibility index (Phi) is 24.4. The Labute approximate surface area is 546 Å². The predicted molar refractivity (Wildman–Crippen MR) is 371 cm³/mol. The van der Waals surface area contributed by atoms with Gasteiger partial charge < -0.3 is 47.0 Å². The number of esters is 2. The maximum absolute atomic E-state index is 13.7. The number of aromatic nitrogens is 6. The van der Waals surface area contributed by atoms with Crippen molar-refractivity contribution in [3.8, 4) is 33.8 Å². The molecule has 0 fully saturated rings. The van der Waals surface area contributed by atoms with E-state index in [0.29, 0.717) is 110 Å². The minimum Gasteiger partial charge on any atom is -0.493 e. The molecule has 0 bridgehead atoms. The molecule has 0 unspecified atom stereocenters. The molecule has 0 saturated carbocycles. The lowest BCUT2D eigenvalue weighted by atomic mass is 9.98. The van der Waals surface area contributed by atoms with Gasteiger partial charge in [-0.1, -0.05) is 133 Å². The van der Waals surface area contributed by atoms with Gasteiger partial charge in [0.2, 0.25) is 0 Å². The van der Waals surface area contributed by atoms with Gasteiger partial charge in [-0.25, -0.2) is 9.59 Å². The molecule has 0 radical (unpaired) electrons. The minimum atomic E-state index is -0.356. The second-order valence-corrected chi connectivity index (χ2v) is 22.5. The molecule has 0 atom stereocenters. The monoisotopic (exact) mass is 1260 g/mol. The summed E-state index contributed by atoms with van der Waals surface area (Å²) in [5.74, 6) is 0.992. The largest absolute Gasteiger partial charge is 0.493 e. The van der Waals surface area contributed by atoms with E-state index >= 15 is 0 Å². The van der Waals surface area contributed by atoms with Crippen molar-refractivity contribution >= 4 is 55.3 Å². The van der Waals surface area contributed by atoms with Gasteiger partial charge in [0.15, 0.2) is 0 Å². The van der Waals surface area contributed by atoms with Crippen LogP contribution in [0.3, 0.4) is 0 Å².